The van der Waals surface area contributed by atoms with Gasteiger partial charge in [0.2, 0.25) is 0 Å². The first-order chi connectivity index (χ1) is 14.7. The van der Waals surface area contributed by atoms with E-state index in [-0.39, 0.29) is 16.5 Å². The molecule has 33 heavy (non-hydrogen) atoms. The van der Waals surface area contributed by atoms with Gasteiger partial charge in [0.25, 0.3) is 22.9 Å². The Balaban J connectivity index is 0.000000602. The molecular formula is C12H6N6NiO14. The Morgan fingerprint density at radius 1 is 0.455 bits per heavy atom. The summed E-state index contributed by atoms with van der Waals surface area (Å²) in [6, 6.07) is 1.79. The fraction of sp³-hybridized carbons (Fsp3) is 0. The van der Waals surface area contributed by atoms with E-state index in [1.165, 1.54) is 0 Å². The van der Waals surface area contributed by atoms with E-state index in [0.29, 0.717) is 24.3 Å². The van der Waals surface area contributed by atoms with Crippen molar-refractivity contribution < 1.29 is 56.2 Å². The van der Waals surface area contributed by atoms with Crippen LogP contribution in [0.2, 0.25) is 0 Å². The van der Waals surface area contributed by atoms with Crippen LogP contribution in [-0.4, -0.2) is 39.8 Å². The van der Waals surface area contributed by atoms with Crippen LogP contribution in [0.25, 0.3) is 0 Å². The standard InChI is InChI=1S/2C6H3N3O7.Ni/c2*10-6-4(8(13)14)1-3(7(11)12)2-5(6)9(15)16;/h2*1-2,10H;. The van der Waals surface area contributed by atoms with Gasteiger partial charge in [-0.05, 0) is 0 Å². The molecule has 0 bridgehead atoms. The SMILES string of the molecule is O=[N+]([O-])c1cc([N+](=O)[O-])c(O)c([N+](=O)[O-])c1.O=[N+]([O-])c1cc([N+](=O)[O-])c(O)c([N+](=O)[O-])c1.[Ni]. The molecule has 2 N–H and O–H groups in total. The van der Waals surface area contributed by atoms with E-state index in [4.69, 9.17) is 10.2 Å². The van der Waals surface area contributed by atoms with Crippen LogP contribution in [-0.2, 0) is 16.5 Å². The zero-order valence-electron chi connectivity index (χ0n) is 15.1. The van der Waals surface area contributed by atoms with Gasteiger partial charge in [-0.2, -0.15) is 0 Å². The van der Waals surface area contributed by atoms with Crippen molar-refractivity contribution in [3.05, 3.63) is 85.0 Å². The Labute approximate surface area is 187 Å². The zero-order chi connectivity index (χ0) is 24.9. The number of rotatable bonds is 6. The van der Waals surface area contributed by atoms with Gasteiger partial charge in [-0.3, -0.25) is 60.7 Å². The van der Waals surface area contributed by atoms with Gasteiger partial charge >= 0.3 is 22.7 Å². The average Bonchev–Trinajstić information content (AvgIpc) is 2.67. The van der Waals surface area contributed by atoms with E-state index >= 15 is 0 Å². The van der Waals surface area contributed by atoms with E-state index in [9.17, 15) is 60.7 Å². The van der Waals surface area contributed by atoms with Gasteiger partial charge in [0.15, 0.2) is 0 Å². The summed E-state index contributed by atoms with van der Waals surface area (Å²) in [6.45, 7) is 0. The number of hydrogen-bond acceptors (Lipinski definition) is 14. The minimum Gasteiger partial charge on any atom is -0.497 e. The number of non-ortho nitro benzene ring substituents is 2. The molecule has 0 aliphatic rings. The molecule has 0 saturated carbocycles. The summed E-state index contributed by atoms with van der Waals surface area (Å²) in [4.78, 5) is 55.5. The Morgan fingerprint density at radius 3 is 0.758 bits per heavy atom. The smallest absolute Gasteiger partial charge is 0.324 e. The Bertz CT molecular complexity index is 1020. The molecule has 178 valence electrons. The average molecular weight is 517 g/mol. The number of phenolic OH excluding ortho intramolecular Hbond substituents is 2. The minimum atomic E-state index is -1.21. The first-order valence-electron chi connectivity index (χ1n) is 7.29. The molecule has 0 unspecified atom stereocenters. The molecule has 0 aromatic heterocycles. The van der Waals surface area contributed by atoms with Crippen molar-refractivity contribution in [3.8, 4) is 11.5 Å². The molecule has 0 radical (unpaired) electrons. The quantitative estimate of drug-likeness (QED) is 0.315. The van der Waals surface area contributed by atoms with Gasteiger partial charge < -0.3 is 10.2 Å². The molecule has 0 spiro atoms. The predicted octanol–water partition coefficient (Wildman–Crippen LogP) is 2.23. The van der Waals surface area contributed by atoms with Gasteiger partial charge in [0, 0.05) is 16.5 Å². The molecule has 0 heterocycles. The van der Waals surface area contributed by atoms with Crippen molar-refractivity contribution in [2.45, 2.75) is 0 Å². The van der Waals surface area contributed by atoms with E-state index in [1.54, 1.807) is 0 Å². The molecule has 0 aliphatic heterocycles. The van der Waals surface area contributed by atoms with Gasteiger partial charge in [-0.25, -0.2) is 0 Å². The summed E-state index contributed by atoms with van der Waals surface area (Å²) in [7, 11) is 0. The summed E-state index contributed by atoms with van der Waals surface area (Å²) >= 11 is 0. The summed E-state index contributed by atoms with van der Waals surface area (Å²) < 4.78 is 0. The normalized spacial score (nSPS) is 9.45. The Hall–Kier alpha value is -5.07. The van der Waals surface area contributed by atoms with E-state index in [0.717, 1.165) is 0 Å². The second-order valence-corrected chi connectivity index (χ2v) is 5.21. The third-order valence-corrected chi connectivity index (χ3v) is 3.32. The molecule has 0 fully saturated rings. The Morgan fingerprint density at radius 2 is 0.636 bits per heavy atom. The second kappa shape index (κ2) is 10.8. The first kappa shape index (κ1) is 27.9. The number of hydrogen-bond donors (Lipinski definition) is 2. The molecule has 20 nitrogen and oxygen atoms in total. The molecular weight excluding hydrogens is 511 g/mol. The van der Waals surface area contributed by atoms with Crippen LogP contribution in [0.5, 0.6) is 11.5 Å². The van der Waals surface area contributed by atoms with E-state index in [1.807, 2.05) is 0 Å². The minimum absolute atomic E-state index is 0. The van der Waals surface area contributed by atoms with Crippen molar-refractivity contribution in [3.63, 3.8) is 0 Å². The third-order valence-electron chi connectivity index (χ3n) is 3.32. The van der Waals surface area contributed by atoms with Crippen LogP contribution in [0.1, 0.15) is 0 Å². The van der Waals surface area contributed by atoms with Gasteiger partial charge in [0.1, 0.15) is 0 Å². The summed E-state index contributed by atoms with van der Waals surface area (Å²) in [5.41, 5.74) is -6.00. The fourth-order valence-electron chi connectivity index (χ4n) is 1.95. The maximum atomic E-state index is 10.4. The van der Waals surface area contributed by atoms with E-state index < -0.39 is 75.2 Å². The molecule has 2 aromatic rings. The summed E-state index contributed by atoms with van der Waals surface area (Å²) in [5.74, 6) is -2.42. The van der Waals surface area contributed by atoms with E-state index in [2.05, 4.69) is 0 Å². The molecule has 0 aliphatic carbocycles. The number of phenols is 2. The maximum absolute atomic E-state index is 10.4. The topological polar surface area (TPSA) is 299 Å². The number of benzene rings is 2. The number of nitro benzene ring substituents is 6. The molecule has 2 rings (SSSR count). The van der Waals surface area contributed by atoms with Gasteiger partial charge in [-0.1, -0.05) is 0 Å². The number of aromatic hydroxyl groups is 2. The molecule has 21 heteroatoms. The number of nitrogens with zero attached hydrogens (tertiary/aromatic N) is 6. The fourth-order valence-corrected chi connectivity index (χ4v) is 1.95. The largest absolute Gasteiger partial charge is 0.497 e. The first-order valence-corrected chi connectivity index (χ1v) is 7.29. The molecule has 0 atom stereocenters. The van der Waals surface area contributed by atoms with Gasteiger partial charge in [-0.15, -0.1) is 0 Å². The molecule has 2 aromatic carbocycles. The second-order valence-electron chi connectivity index (χ2n) is 5.21. The number of nitro groups is 6. The Kier molecular flexibility index (Phi) is 9.15. The molecule has 0 amide bonds. The monoisotopic (exact) mass is 516 g/mol. The van der Waals surface area contributed by atoms with Crippen LogP contribution in [0, 0.1) is 60.7 Å². The summed E-state index contributed by atoms with van der Waals surface area (Å²) in [6.07, 6.45) is 0. The molecule has 0 saturated heterocycles. The third kappa shape index (κ3) is 6.45. The van der Waals surface area contributed by atoms with Crippen LogP contribution >= 0.6 is 0 Å². The summed E-state index contributed by atoms with van der Waals surface area (Å²) in [5, 5.41) is 80.4. The van der Waals surface area contributed by atoms with Crippen molar-refractivity contribution >= 4 is 34.1 Å². The van der Waals surface area contributed by atoms with Crippen molar-refractivity contribution in [2.75, 3.05) is 0 Å². The maximum Gasteiger partial charge on any atom is 0.324 e. The van der Waals surface area contributed by atoms with Crippen LogP contribution in [0.4, 0.5) is 34.1 Å². The predicted molar refractivity (Wildman–Crippen MR) is 96.1 cm³/mol. The van der Waals surface area contributed by atoms with Crippen molar-refractivity contribution in [1.29, 1.82) is 0 Å². The van der Waals surface area contributed by atoms with Crippen LogP contribution < -0.4 is 0 Å². The van der Waals surface area contributed by atoms with Crippen molar-refractivity contribution in [2.24, 2.45) is 0 Å². The van der Waals surface area contributed by atoms with Crippen molar-refractivity contribution in [1.82, 2.24) is 0 Å². The zero-order valence-corrected chi connectivity index (χ0v) is 16.1. The van der Waals surface area contributed by atoms with Crippen LogP contribution in [0.15, 0.2) is 24.3 Å². The van der Waals surface area contributed by atoms with Gasteiger partial charge in [0.05, 0.1) is 53.8 Å². The van der Waals surface area contributed by atoms with Crippen LogP contribution in [0.3, 0.4) is 0 Å².